The van der Waals surface area contributed by atoms with E-state index < -0.39 is 0 Å². The van der Waals surface area contributed by atoms with Crippen LogP contribution >= 0.6 is 0 Å². The first-order valence-electron chi connectivity index (χ1n) is 5.04. The second-order valence-corrected chi connectivity index (χ2v) is 4.94. The highest BCUT2D eigenvalue weighted by atomic mass is 14.5. The molecule has 0 N–H and O–H groups in total. The maximum atomic E-state index is 2.41. The highest BCUT2D eigenvalue weighted by Crippen LogP contribution is 2.48. The van der Waals surface area contributed by atoms with Crippen molar-refractivity contribution in [2.45, 2.75) is 41.0 Å². The Kier molecular flexibility index (Phi) is 2.61. The average Bonchev–Trinajstić information content (AvgIpc) is 1.80. The zero-order valence-corrected chi connectivity index (χ0v) is 8.59. The predicted molar refractivity (Wildman–Crippen MR) is 50.4 cm³/mol. The molecular formula is C11H22. The van der Waals surface area contributed by atoms with Crippen molar-refractivity contribution in [3.05, 3.63) is 0 Å². The van der Waals surface area contributed by atoms with Crippen LogP contribution in [0.25, 0.3) is 0 Å². The molecule has 1 saturated carbocycles. The number of rotatable bonds is 2. The molecule has 0 heteroatoms. The fourth-order valence-corrected chi connectivity index (χ4v) is 2.84. The molecule has 0 aromatic heterocycles. The molecule has 1 aliphatic rings. The summed E-state index contributed by atoms with van der Waals surface area (Å²) in [7, 11) is 0. The van der Waals surface area contributed by atoms with Crippen molar-refractivity contribution in [3.8, 4) is 0 Å². The second-order valence-electron chi connectivity index (χ2n) is 4.94. The Morgan fingerprint density at radius 2 is 1.55 bits per heavy atom. The van der Waals surface area contributed by atoms with E-state index in [4.69, 9.17) is 0 Å². The summed E-state index contributed by atoms with van der Waals surface area (Å²) in [5.74, 6) is 4.81. The Morgan fingerprint density at radius 1 is 1.00 bits per heavy atom. The van der Waals surface area contributed by atoms with Gasteiger partial charge in [-0.1, -0.05) is 34.6 Å². The van der Waals surface area contributed by atoms with Crippen molar-refractivity contribution in [2.75, 3.05) is 0 Å². The van der Waals surface area contributed by atoms with E-state index in [0.717, 1.165) is 29.6 Å². The molecule has 66 valence electrons. The first kappa shape index (κ1) is 9.09. The predicted octanol–water partition coefficient (Wildman–Crippen LogP) is 3.57. The maximum absolute atomic E-state index is 2.41. The molecule has 0 amide bonds. The molecule has 3 atom stereocenters. The largest absolute Gasteiger partial charge is 0.0625 e. The monoisotopic (exact) mass is 154 g/mol. The minimum absolute atomic E-state index is 0.895. The van der Waals surface area contributed by atoms with Crippen LogP contribution in [-0.2, 0) is 0 Å². The average molecular weight is 154 g/mol. The Bertz CT molecular complexity index is 119. The molecule has 0 nitrogen and oxygen atoms in total. The molecule has 0 saturated heterocycles. The lowest BCUT2D eigenvalue weighted by molar-refractivity contribution is 0.0108. The Hall–Kier alpha value is 0. The summed E-state index contributed by atoms with van der Waals surface area (Å²) in [6, 6.07) is 0. The van der Waals surface area contributed by atoms with Crippen molar-refractivity contribution >= 4 is 0 Å². The third-order valence-corrected chi connectivity index (χ3v) is 3.42. The van der Waals surface area contributed by atoms with E-state index in [-0.39, 0.29) is 0 Å². The summed E-state index contributed by atoms with van der Waals surface area (Å²) in [4.78, 5) is 0. The van der Waals surface area contributed by atoms with Gasteiger partial charge in [0.1, 0.15) is 0 Å². The highest BCUT2D eigenvalue weighted by Gasteiger charge is 2.40. The number of hydrogen-bond acceptors (Lipinski definition) is 0. The van der Waals surface area contributed by atoms with Crippen LogP contribution in [0.4, 0.5) is 0 Å². The van der Waals surface area contributed by atoms with Crippen molar-refractivity contribution in [2.24, 2.45) is 29.6 Å². The van der Waals surface area contributed by atoms with Gasteiger partial charge in [0.05, 0.1) is 0 Å². The minimum atomic E-state index is 0.895. The normalized spacial score (nSPS) is 37.9. The van der Waals surface area contributed by atoms with E-state index in [1.165, 1.54) is 6.42 Å². The lowest BCUT2D eigenvalue weighted by Crippen LogP contribution is -2.41. The van der Waals surface area contributed by atoms with Crippen molar-refractivity contribution < 1.29 is 0 Å². The molecule has 0 aromatic carbocycles. The lowest BCUT2D eigenvalue weighted by atomic mass is 9.57. The molecule has 11 heavy (non-hydrogen) atoms. The van der Waals surface area contributed by atoms with Crippen LogP contribution in [0, 0.1) is 29.6 Å². The molecule has 1 rings (SSSR count). The summed E-state index contributed by atoms with van der Waals surface area (Å²) in [5.41, 5.74) is 0. The molecule has 0 spiro atoms. The van der Waals surface area contributed by atoms with Gasteiger partial charge in [-0.05, 0) is 36.0 Å². The zero-order valence-electron chi connectivity index (χ0n) is 8.59. The molecule has 0 bridgehead atoms. The molecule has 1 aliphatic carbocycles. The van der Waals surface area contributed by atoms with Gasteiger partial charge in [-0.2, -0.15) is 0 Å². The van der Waals surface area contributed by atoms with Crippen molar-refractivity contribution in [1.82, 2.24) is 0 Å². The smallest absolute Gasteiger partial charge is 0.0334 e. The fourth-order valence-electron chi connectivity index (χ4n) is 2.84. The van der Waals surface area contributed by atoms with E-state index in [2.05, 4.69) is 34.6 Å². The summed E-state index contributed by atoms with van der Waals surface area (Å²) < 4.78 is 0. The Balaban J connectivity index is 2.48. The maximum Gasteiger partial charge on any atom is -0.0334 e. The molecule has 0 radical (unpaired) electrons. The molecule has 3 unspecified atom stereocenters. The van der Waals surface area contributed by atoms with E-state index in [0.29, 0.717) is 0 Å². The summed E-state index contributed by atoms with van der Waals surface area (Å²) in [6.45, 7) is 11.9. The summed E-state index contributed by atoms with van der Waals surface area (Å²) >= 11 is 0. The molecule has 0 heterocycles. The van der Waals surface area contributed by atoms with Crippen LogP contribution in [0.5, 0.6) is 0 Å². The van der Waals surface area contributed by atoms with Crippen LogP contribution in [0.2, 0.25) is 0 Å². The van der Waals surface area contributed by atoms with E-state index in [9.17, 15) is 0 Å². The quantitative estimate of drug-likeness (QED) is 0.570. The first-order chi connectivity index (χ1) is 5.04. The molecular weight excluding hydrogens is 132 g/mol. The van der Waals surface area contributed by atoms with Gasteiger partial charge in [0.25, 0.3) is 0 Å². The van der Waals surface area contributed by atoms with E-state index in [1.54, 1.807) is 0 Å². The molecule has 0 aromatic rings. The second kappa shape index (κ2) is 3.16. The summed E-state index contributed by atoms with van der Waals surface area (Å²) in [6.07, 6.45) is 1.47. The van der Waals surface area contributed by atoms with Gasteiger partial charge in [-0.25, -0.2) is 0 Å². The van der Waals surface area contributed by atoms with Crippen LogP contribution in [-0.4, -0.2) is 0 Å². The van der Waals surface area contributed by atoms with E-state index >= 15 is 0 Å². The van der Waals surface area contributed by atoms with Gasteiger partial charge in [0.15, 0.2) is 0 Å². The third kappa shape index (κ3) is 1.60. The van der Waals surface area contributed by atoms with Gasteiger partial charge >= 0.3 is 0 Å². The first-order valence-corrected chi connectivity index (χ1v) is 5.04. The third-order valence-electron chi connectivity index (χ3n) is 3.42. The van der Waals surface area contributed by atoms with Crippen LogP contribution in [0.15, 0.2) is 0 Å². The SMILES string of the molecule is CC(C)C1CC(C)C1C(C)C. The fraction of sp³-hybridized carbons (Fsp3) is 1.00. The number of hydrogen-bond donors (Lipinski definition) is 0. The van der Waals surface area contributed by atoms with Crippen LogP contribution in [0.1, 0.15) is 41.0 Å². The van der Waals surface area contributed by atoms with Gasteiger partial charge in [-0.15, -0.1) is 0 Å². The lowest BCUT2D eigenvalue weighted by Gasteiger charge is -2.48. The van der Waals surface area contributed by atoms with Crippen LogP contribution in [0.3, 0.4) is 0 Å². The van der Waals surface area contributed by atoms with Gasteiger partial charge < -0.3 is 0 Å². The van der Waals surface area contributed by atoms with Gasteiger partial charge in [0.2, 0.25) is 0 Å². The minimum Gasteiger partial charge on any atom is -0.0625 e. The molecule has 1 fully saturated rings. The van der Waals surface area contributed by atoms with Gasteiger partial charge in [-0.3, -0.25) is 0 Å². The summed E-state index contributed by atoms with van der Waals surface area (Å²) in [5, 5.41) is 0. The van der Waals surface area contributed by atoms with Gasteiger partial charge in [0, 0.05) is 0 Å². The zero-order chi connectivity index (χ0) is 8.59. The molecule has 0 aliphatic heterocycles. The van der Waals surface area contributed by atoms with Crippen LogP contribution < -0.4 is 0 Å². The van der Waals surface area contributed by atoms with Crippen molar-refractivity contribution in [3.63, 3.8) is 0 Å². The Morgan fingerprint density at radius 3 is 1.73 bits per heavy atom. The Labute approximate surface area is 71.4 Å². The topological polar surface area (TPSA) is 0 Å². The standard InChI is InChI=1S/C11H22/c1-7(2)10-6-9(5)11(10)8(3)4/h7-11H,6H2,1-5H3. The van der Waals surface area contributed by atoms with E-state index in [1.807, 2.05) is 0 Å². The highest BCUT2D eigenvalue weighted by molar-refractivity contribution is 4.89. The van der Waals surface area contributed by atoms with Crippen molar-refractivity contribution in [1.29, 1.82) is 0 Å².